The first-order valence-corrected chi connectivity index (χ1v) is 8.98. The van der Waals surface area contributed by atoms with Crippen LogP contribution < -0.4 is 9.47 Å². The molecule has 0 spiro atoms. The summed E-state index contributed by atoms with van der Waals surface area (Å²) in [5.41, 5.74) is 3.69. The average molecular weight is 341 g/mol. The van der Waals surface area contributed by atoms with Crippen LogP contribution in [0.4, 0.5) is 0 Å². The van der Waals surface area contributed by atoms with Crippen LogP contribution in [0.5, 0.6) is 11.5 Å². The highest BCUT2D eigenvalue weighted by molar-refractivity contribution is 5.44. The quantitative estimate of drug-likeness (QED) is 0.791. The topological polar surface area (TPSA) is 41.9 Å². The van der Waals surface area contributed by atoms with Crippen LogP contribution in [-0.4, -0.2) is 29.4 Å². The fraction of sp³-hybridized carbons (Fsp3) is 0.429. The SMILES string of the molecule is CCC[C@H](O)CN(Cc1ccc(C)cc1)Cc1ccc2c(c1)OCO2. The first-order chi connectivity index (χ1) is 12.1. The van der Waals surface area contributed by atoms with E-state index in [9.17, 15) is 5.11 Å². The van der Waals surface area contributed by atoms with Gasteiger partial charge in [-0.3, -0.25) is 4.90 Å². The lowest BCUT2D eigenvalue weighted by molar-refractivity contribution is 0.0970. The van der Waals surface area contributed by atoms with Gasteiger partial charge in [-0.1, -0.05) is 49.2 Å². The van der Waals surface area contributed by atoms with Crippen LogP contribution in [0.15, 0.2) is 42.5 Å². The van der Waals surface area contributed by atoms with E-state index in [4.69, 9.17) is 9.47 Å². The van der Waals surface area contributed by atoms with Crippen molar-refractivity contribution < 1.29 is 14.6 Å². The fourth-order valence-corrected chi connectivity index (χ4v) is 3.16. The third-order valence-corrected chi connectivity index (χ3v) is 4.46. The molecule has 0 bridgehead atoms. The number of ether oxygens (including phenoxy) is 2. The molecule has 0 fully saturated rings. The molecule has 1 atom stereocenters. The van der Waals surface area contributed by atoms with Crippen LogP contribution >= 0.6 is 0 Å². The van der Waals surface area contributed by atoms with Crippen molar-refractivity contribution in [1.82, 2.24) is 4.90 Å². The molecule has 1 aliphatic heterocycles. The molecule has 4 heteroatoms. The highest BCUT2D eigenvalue weighted by Gasteiger charge is 2.16. The molecular formula is C21H27NO3. The molecule has 2 aromatic rings. The maximum absolute atomic E-state index is 10.3. The maximum atomic E-state index is 10.3. The van der Waals surface area contributed by atoms with Crippen LogP contribution in [0.2, 0.25) is 0 Å². The highest BCUT2D eigenvalue weighted by Crippen LogP contribution is 2.33. The van der Waals surface area contributed by atoms with Gasteiger partial charge in [-0.2, -0.15) is 0 Å². The van der Waals surface area contributed by atoms with Crippen LogP contribution in [0, 0.1) is 6.92 Å². The summed E-state index contributed by atoms with van der Waals surface area (Å²) in [6, 6.07) is 14.7. The van der Waals surface area contributed by atoms with Gasteiger partial charge in [0.15, 0.2) is 11.5 Å². The zero-order valence-electron chi connectivity index (χ0n) is 15.1. The smallest absolute Gasteiger partial charge is 0.231 e. The highest BCUT2D eigenvalue weighted by atomic mass is 16.7. The van der Waals surface area contributed by atoms with E-state index in [1.54, 1.807) is 0 Å². The number of benzene rings is 2. The van der Waals surface area contributed by atoms with E-state index in [-0.39, 0.29) is 6.10 Å². The molecule has 0 amide bonds. The summed E-state index contributed by atoms with van der Waals surface area (Å²) >= 11 is 0. The van der Waals surface area contributed by atoms with Gasteiger partial charge in [-0.15, -0.1) is 0 Å². The molecule has 0 unspecified atom stereocenters. The van der Waals surface area contributed by atoms with E-state index < -0.39 is 0 Å². The summed E-state index contributed by atoms with van der Waals surface area (Å²) in [7, 11) is 0. The minimum absolute atomic E-state index is 0.293. The number of hydrogen-bond acceptors (Lipinski definition) is 4. The van der Waals surface area contributed by atoms with Gasteiger partial charge < -0.3 is 14.6 Å². The number of fused-ring (bicyclic) bond motifs is 1. The minimum Gasteiger partial charge on any atom is -0.454 e. The second-order valence-corrected chi connectivity index (χ2v) is 6.79. The predicted octanol–water partition coefficient (Wildman–Crippen LogP) is 3.89. The third-order valence-electron chi connectivity index (χ3n) is 4.46. The molecule has 2 aromatic carbocycles. The van der Waals surface area contributed by atoms with E-state index in [1.807, 2.05) is 12.1 Å². The molecule has 0 radical (unpaired) electrons. The van der Waals surface area contributed by atoms with Crippen LogP contribution in [0.25, 0.3) is 0 Å². The van der Waals surface area contributed by atoms with Gasteiger partial charge in [0.25, 0.3) is 0 Å². The summed E-state index contributed by atoms with van der Waals surface area (Å²) in [6.45, 7) is 6.74. The number of hydrogen-bond donors (Lipinski definition) is 1. The van der Waals surface area contributed by atoms with Crippen molar-refractivity contribution in [1.29, 1.82) is 0 Å². The van der Waals surface area contributed by atoms with Crippen molar-refractivity contribution in [3.05, 3.63) is 59.2 Å². The molecule has 4 nitrogen and oxygen atoms in total. The maximum Gasteiger partial charge on any atom is 0.231 e. The summed E-state index contributed by atoms with van der Waals surface area (Å²) in [4.78, 5) is 2.29. The van der Waals surface area contributed by atoms with Crippen molar-refractivity contribution in [3.63, 3.8) is 0 Å². The Balaban J connectivity index is 1.71. The van der Waals surface area contributed by atoms with E-state index in [1.165, 1.54) is 16.7 Å². The van der Waals surface area contributed by atoms with Crippen molar-refractivity contribution in [3.8, 4) is 11.5 Å². The lowest BCUT2D eigenvalue weighted by atomic mass is 10.1. The van der Waals surface area contributed by atoms with Crippen molar-refractivity contribution >= 4 is 0 Å². The van der Waals surface area contributed by atoms with E-state index in [0.29, 0.717) is 13.3 Å². The van der Waals surface area contributed by atoms with Gasteiger partial charge in [0.2, 0.25) is 6.79 Å². The van der Waals surface area contributed by atoms with Gasteiger partial charge in [-0.25, -0.2) is 0 Å². The summed E-state index contributed by atoms with van der Waals surface area (Å²) in [6.07, 6.45) is 1.51. The molecule has 0 aromatic heterocycles. The molecule has 0 saturated heterocycles. The monoisotopic (exact) mass is 341 g/mol. The standard InChI is InChI=1S/C21H27NO3/c1-3-4-19(23)14-22(12-17-7-5-16(2)6-8-17)13-18-9-10-20-21(11-18)25-15-24-20/h5-11,19,23H,3-4,12-15H2,1-2H3/t19-/m0/s1. The van der Waals surface area contributed by atoms with E-state index >= 15 is 0 Å². The molecule has 0 aliphatic carbocycles. The van der Waals surface area contributed by atoms with Crippen LogP contribution in [0.3, 0.4) is 0 Å². The molecule has 1 N–H and O–H groups in total. The lowest BCUT2D eigenvalue weighted by Gasteiger charge is -2.25. The third kappa shape index (κ3) is 4.97. The molecular weight excluding hydrogens is 314 g/mol. The normalized spacial score (nSPS) is 14.1. The molecule has 0 saturated carbocycles. The molecule has 3 rings (SSSR count). The van der Waals surface area contributed by atoms with Crippen LogP contribution in [0.1, 0.15) is 36.5 Å². The molecule has 25 heavy (non-hydrogen) atoms. The van der Waals surface area contributed by atoms with E-state index in [2.05, 4.69) is 49.1 Å². The van der Waals surface area contributed by atoms with E-state index in [0.717, 1.165) is 37.4 Å². The largest absolute Gasteiger partial charge is 0.454 e. The van der Waals surface area contributed by atoms with Crippen molar-refractivity contribution in [2.75, 3.05) is 13.3 Å². The zero-order chi connectivity index (χ0) is 17.6. The molecule has 1 aliphatic rings. The Hall–Kier alpha value is -2.04. The second kappa shape index (κ2) is 8.37. The number of aryl methyl sites for hydroxylation is 1. The average Bonchev–Trinajstić information content (AvgIpc) is 3.05. The minimum atomic E-state index is -0.301. The van der Waals surface area contributed by atoms with Gasteiger partial charge in [0, 0.05) is 19.6 Å². The Kier molecular flexibility index (Phi) is 5.95. The van der Waals surface area contributed by atoms with Gasteiger partial charge >= 0.3 is 0 Å². The number of rotatable bonds is 8. The molecule has 1 heterocycles. The fourth-order valence-electron chi connectivity index (χ4n) is 3.16. The Morgan fingerprint density at radius 2 is 1.68 bits per heavy atom. The van der Waals surface area contributed by atoms with Gasteiger partial charge in [0.05, 0.1) is 6.10 Å². The lowest BCUT2D eigenvalue weighted by Crippen LogP contribution is -2.31. The summed E-state index contributed by atoms with van der Waals surface area (Å²) in [5.74, 6) is 1.61. The van der Waals surface area contributed by atoms with Crippen molar-refractivity contribution in [2.24, 2.45) is 0 Å². The Morgan fingerprint density at radius 3 is 2.44 bits per heavy atom. The summed E-state index contributed by atoms with van der Waals surface area (Å²) < 4.78 is 10.9. The first kappa shape index (κ1) is 17.8. The Labute approximate surface area is 150 Å². The molecule has 134 valence electrons. The number of aliphatic hydroxyl groups is 1. The first-order valence-electron chi connectivity index (χ1n) is 8.98. The second-order valence-electron chi connectivity index (χ2n) is 6.79. The number of nitrogens with zero attached hydrogens (tertiary/aromatic N) is 1. The number of aliphatic hydroxyl groups excluding tert-OH is 1. The Morgan fingerprint density at radius 1 is 1.00 bits per heavy atom. The predicted molar refractivity (Wildman–Crippen MR) is 98.8 cm³/mol. The van der Waals surface area contributed by atoms with Crippen molar-refractivity contribution in [2.45, 2.75) is 45.9 Å². The van der Waals surface area contributed by atoms with Gasteiger partial charge in [-0.05, 0) is 36.6 Å². The summed E-state index contributed by atoms with van der Waals surface area (Å²) in [5, 5.41) is 10.3. The Bertz CT molecular complexity index is 684. The van der Waals surface area contributed by atoms with Gasteiger partial charge in [0.1, 0.15) is 0 Å². The van der Waals surface area contributed by atoms with Crippen LogP contribution in [-0.2, 0) is 13.1 Å². The zero-order valence-corrected chi connectivity index (χ0v) is 15.1.